The van der Waals surface area contributed by atoms with Crippen molar-refractivity contribution in [2.45, 2.75) is 36.8 Å². The lowest BCUT2D eigenvalue weighted by atomic mass is 10.2. The number of benzene rings is 1. The summed E-state index contributed by atoms with van der Waals surface area (Å²) in [4.78, 5) is 11.1. The van der Waals surface area contributed by atoms with Crippen LogP contribution in [-0.2, 0) is 24.7 Å². The highest BCUT2D eigenvalue weighted by Crippen LogP contribution is 2.25. The highest BCUT2D eigenvalue weighted by Gasteiger charge is 2.34. The molecule has 0 aliphatic carbocycles. The van der Waals surface area contributed by atoms with E-state index in [1.807, 2.05) is 0 Å². The van der Waals surface area contributed by atoms with Crippen LogP contribution in [0.2, 0.25) is 0 Å². The standard InChI is InChI=1S/C15H22N2O5S2/c1-3-23(19,20)14-8-10-17(11-9-14)24(21,22)15-6-4-13(5-7-15)16-12(2)18/h4-7,14H,3,8-11H2,1-2H3,(H,16,18). The summed E-state index contributed by atoms with van der Waals surface area (Å²) in [5.74, 6) is -0.153. The molecule has 1 saturated heterocycles. The van der Waals surface area contributed by atoms with Crippen LogP contribution in [0.25, 0.3) is 0 Å². The molecule has 0 spiro atoms. The molecule has 1 aliphatic heterocycles. The van der Waals surface area contributed by atoms with Crippen molar-refractivity contribution in [1.82, 2.24) is 4.31 Å². The second-order valence-electron chi connectivity index (χ2n) is 5.76. The first-order chi connectivity index (χ1) is 11.2. The smallest absolute Gasteiger partial charge is 0.243 e. The lowest BCUT2D eigenvalue weighted by Crippen LogP contribution is -2.42. The van der Waals surface area contributed by atoms with E-state index >= 15 is 0 Å². The molecule has 0 saturated carbocycles. The zero-order valence-electron chi connectivity index (χ0n) is 13.7. The number of piperidine rings is 1. The zero-order valence-corrected chi connectivity index (χ0v) is 15.4. The lowest BCUT2D eigenvalue weighted by Gasteiger charge is -2.30. The Bertz CT molecular complexity index is 793. The number of sulfonamides is 1. The molecule has 0 aromatic heterocycles. The van der Waals surface area contributed by atoms with Gasteiger partial charge in [0.25, 0.3) is 0 Å². The van der Waals surface area contributed by atoms with E-state index in [4.69, 9.17) is 0 Å². The van der Waals surface area contributed by atoms with Crippen molar-refractivity contribution < 1.29 is 21.6 Å². The molecule has 1 aliphatic rings. The summed E-state index contributed by atoms with van der Waals surface area (Å²) in [5.41, 5.74) is 0.522. The number of rotatable bonds is 5. The highest BCUT2D eigenvalue weighted by molar-refractivity contribution is 7.92. The quantitative estimate of drug-likeness (QED) is 0.835. The lowest BCUT2D eigenvalue weighted by molar-refractivity contribution is -0.114. The molecule has 1 amide bonds. The molecule has 0 unspecified atom stereocenters. The second-order valence-corrected chi connectivity index (χ2v) is 10.3. The van der Waals surface area contributed by atoms with Gasteiger partial charge in [0.15, 0.2) is 9.84 Å². The summed E-state index contributed by atoms with van der Waals surface area (Å²) >= 11 is 0. The second kappa shape index (κ2) is 7.20. The van der Waals surface area contributed by atoms with Gasteiger partial charge in [-0.15, -0.1) is 0 Å². The third-order valence-corrected chi connectivity index (χ3v) is 8.33. The molecule has 134 valence electrons. The number of carbonyl (C=O) groups excluding carboxylic acids is 1. The Kier molecular flexibility index (Phi) is 5.67. The van der Waals surface area contributed by atoms with Crippen molar-refractivity contribution in [2.24, 2.45) is 0 Å². The number of amides is 1. The minimum atomic E-state index is -3.66. The number of anilines is 1. The van der Waals surface area contributed by atoms with Crippen LogP contribution in [0.3, 0.4) is 0 Å². The molecule has 0 bridgehead atoms. The van der Waals surface area contributed by atoms with Gasteiger partial charge < -0.3 is 5.32 Å². The number of hydrogen-bond donors (Lipinski definition) is 1. The number of carbonyl (C=O) groups is 1. The molecule has 1 N–H and O–H groups in total. The largest absolute Gasteiger partial charge is 0.326 e. The maximum absolute atomic E-state index is 12.6. The molecule has 0 atom stereocenters. The van der Waals surface area contributed by atoms with E-state index in [-0.39, 0.29) is 29.6 Å². The van der Waals surface area contributed by atoms with Crippen LogP contribution in [0.1, 0.15) is 26.7 Å². The van der Waals surface area contributed by atoms with Crippen LogP contribution < -0.4 is 5.32 Å². The summed E-state index contributed by atoms with van der Waals surface area (Å²) in [6.45, 7) is 3.37. The summed E-state index contributed by atoms with van der Waals surface area (Å²) in [5, 5.41) is 2.12. The van der Waals surface area contributed by atoms with Crippen molar-refractivity contribution in [3.05, 3.63) is 24.3 Å². The first-order valence-electron chi connectivity index (χ1n) is 7.76. The SMILES string of the molecule is CCS(=O)(=O)C1CCN(S(=O)(=O)c2ccc(NC(C)=O)cc2)CC1. The molecule has 1 aromatic rings. The Hall–Kier alpha value is -1.45. The van der Waals surface area contributed by atoms with E-state index in [1.165, 1.54) is 35.5 Å². The number of nitrogens with zero attached hydrogens (tertiary/aromatic N) is 1. The van der Waals surface area contributed by atoms with Crippen molar-refractivity contribution >= 4 is 31.5 Å². The van der Waals surface area contributed by atoms with Gasteiger partial charge in [-0.1, -0.05) is 6.92 Å². The highest BCUT2D eigenvalue weighted by atomic mass is 32.2. The molecular weight excluding hydrogens is 352 g/mol. The topological polar surface area (TPSA) is 101 Å². The average molecular weight is 374 g/mol. The van der Waals surface area contributed by atoms with Gasteiger partial charge >= 0.3 is 0 Å². The molecule has 2 rings (SSSR count). The monoisotopic (exact) mass is 374 g/mol. The van der Waals surface area contributed by atoms with Crippen LogP contribution in [-0.4, -0.2) is 51.1 Å². The normalized spacial score (nSPS) is 17.6. The van der Waals surface area contributed by atoms with Gasteiger partial charge in [-0.2, -0.15) is 4.31 Å². The van der Waals surface area contributed by atoms with Gasteiger partial charge in [0.2, 0.25) is 15.9 Å². The van der Waals surface area contributed by atoms with E-state index in [0.29, 0.717) is 18.5 Å². The fourth-order valence-corrected chi connectivity index (χ4v) is 5.60. The van der Waals surface area contributed by atoms with Crippen LogP contribution in [0, 0.1) is 0 Å². The van der Waals surface area contributed by atoms with Crippen molar-refractivity contribution in [1.29, 1.82) is 0 Å². The molecule has 1 fully saturated rings. The molecule has 24 heavy (non-hydrogen) atoms. The van der Waals surface area contributed by atoms with Gasteiger partial charge in [0, 0.05) is 31.5 Å². The van der Waals surface area contributed by atoms with E-state index < -0.39 is 25.1 Å². The number of nitrogens with one attached hydrogen (secondary N) is 1. The van der Waals surface area contributed by atoms with E-state index in [2.05, 4.69) is 5.32 Å². The summed E-state index contributed by atoms with van der Waals surface area (Å²) < 4.78 is 50.4. The Balaban J connectivity index is 2.10. The van der Waals surface area contributed by atoms with E-state index in [1.54, 1.807) is 6.92 Å². The Morgan fingerprint density at radius 3 is 2.12 bits per heavy atom. The van der Waals surface area contributed by atoms with Crippen LogP contribution in [0.15, 0.2) is 29.2 Å². The van der Waals surface area contributed by atoms with Crippen LogP contribution >= 0.6 is 0 Å². The Morgan fingerprint density at radius 1 is 1.12 bits per heavy atom. The molecule has 1 aromatic carbocycles. The third kappa shape index (κ3) is 4.14. The van der Waals surface area contributed by atoms with Gasteiger partial charge in [-0.25, -0.2) is 16.8 Å². The van der Waals surface area contributed by atoms with Gasteiger partial charge in [0.05, 0.1) is 10.1 Å². The van der Waals surface area contributed by atoms with Crippen molar-refractivity contribution in [2.75, 3.05) is 24.2 Å². The van der Waals surface area contributed by atoms with E-state index in [9.17, 15) is 21.6 Å². The van der Waals surface area contributed by atoms with Gasteiger partial charge in [0.1, 0.15) is 0 Å². The maximum atomic E-state index is 12.6. The first-order valence-corrected chi connectivity index (χ1v) is 10.9. The van der Waals surface area contributed by atoms with Crippen LogP contribution in [0.4, 0.5) is 5.69 Å². The molecule has 1 heterocycles. The minimum absolute atomic E-state index is 0.0784. The van der Waals surface area contributed by atoms with Crippen molar-refractivity contribution in [3.63, 3.8) is 0 Å². The molecule has 0 radical (unpaired) electrons. The van der Waals surface area contributed by atoms with Crippen LogP contribution in [0.5, 0.6) is 0 Å². The summed E-state index contributed by atoms with van der Waals surface area (Å²) in [7, 11) is -6.79. The predicted octanol–water partition coefficient (Wildman–Crippen LogP) is 1.23. The fourth-order valence-electron chi connectivity index (χ4n) is 2.73. The summed E-state index contributed by atoms with van der Waals surface area (Å²) in [6, 6.07) is 5.94. The van der Waals surface area contributed by atoms with Gasteiger partial charge in [-0.05, 0) is 37.1 Å². The Labute approximate surface area is 143 Å². The first kappa shape index (κ1) is 18.9. The van der Waals surface area contributed by atoms with Crippen molar-refractivity contribution in [3.8, 4) is 0 Å². The fraction of sp³-hybridized carbons (Fsp3) is 0.533. The average Bonchev–Trinajstić information content (AvgIpc) is 2.55. The third-order valence-electron chi connectivity index (χ3n) is 4.12. The number of sulfone groups is 1. The zero-order chi connectivity index (χ0) is 18.0. The molecule has 7 nitrogen and oxygen atoms in total. The predicted molar refractivity (Wildman–Crippen MR) is 92.0 cm³/mol. The van der Waals surface area contributed by atoms with Gasteiger partial charge in [-0.3, -0.25) is 4.79 Å². The maximum Gasteiger partial charge on any atom is 0.243 e. The number of hydrogen-bond acceptors (Lipinski definition) is 5. The Morgan fingerprint density at radius 2 is 1.67 bits per heavy atom. The summed E-state index contributed by atoms with van der Waals surface area (Å²) in [6.07, 6.45) is 0.638. The van der Waals surface area contributed by atoms with E-state index in [0.717, 1.165) is 0 Å². The minimum Gasteiger partial charge on any atom is -0.326 e. The molecular formula is C15H22N2O5S2. The molecule has 9 heteroatoms.